The molecule has 0 amide bonds. The highest BCUT2D eigenvalue weighted by Gasteiger charge is 2.04. The van der Waals surface area contributed by atoms with Crippen molar-refractivity contribution in [3.8, 4) is 0 Å². The Labute approximate surface area is 104 Å². The molecule has 0 saturated carbocycles. The number of benzene rings is 1. The Morgan fingerprint density at radius 2 is 2.20 bits per heavy atom. The van der Waals surface area contributed by atoms with E-state index in [-0.39, 0.29) is 6.61 Å². The highest BCUT2D eigenvalue weighted by molar-refractivity contribution is 9.10. The van der Waals surface area contributed by atoms with Gasteiger partial charge in [0.15, 0.2) is 0 Å². The summed E-state index contributed by atoms with van der Waals surface area (Å²) in [6, 6.07) is 5.63. The lowest BCUT2D eigenvalue weighted by Crippen LogP contribution is -1.98. The van der Waals surface area contributed by atoms with Gasteiger partial charge in [0.1, 0.15) is 0 Å². The van der Waals surface area contributed by atoms with E-state index in [4.69, 9.17) is 11.6 Å². The number of rotatable bonds is 3. The van der Waals surface area contributed by atoms with Crippen LogP contribution in [0, 0.1) is 5.92 Å². The van der Waals surface area contributed by atoms with Gasteiger partial charge in [0.25, 0.3) is 0 Å². The van der Waals surface area contributed by atoms with E-state index < -0.39 is 0 Å². The van der Waals surface area contributed by atoms with Gasteiger partial charge in [-0.2, -0.15) is 0 Å². The third-order valence-corrected chi connectivity index (χ3v) is 3.15. The molecule has 0 bridgehead atoms. The molecule has 1 rings (SSSR count). The Bertz CT molecular complexity index is 372. The summed E-state index contributed by atoms with van der Waals surface area (Å²) >= 11 is 9.29. The van der Waals surface area contributed by atoms with Crippen LogP contribution >= 0.6 is 27.5 Å². The van der Waals surface area contributed by atoms with E-state index in [0.29, 0.717) is 10.9 Å². The number of hydrogen-bond donors (Lipinski definition) is 1. The molecular formula is C12H14BrClO. The zero-order valence-electron chi connectivity index (χ0n) is 8.80. The van der Waals surface area contributed by atoms with Crippen molar-refractivity contribution in [1.29, 1.82) is 0 Å². The first-order valence-corrected chi connectivity index (χ1v) is 5.98. The van der Waals surface area contributed by atoms with E-state index in [0.717, 1.165) is 15.6 Å². The molecule has 0 aliphatic rings. The number of halogens is 2. The van der Waals surface area contributed by atoms with Crippen LogP contribution in [-0.4, -0.2) is 11.7 Å². The largest absolute Gasteiger partial charge is 0.392 e. The Morgan fingerprint density at radius 1 is 1.53 bits per heavy atom. The normalized spacial score (nSPS) is 12.3. The summed E-state index contributed by atoms with van der Waals surface area (Å²) in [6.45, 7) is 4.21. The van der Waals surface area contributed by atoms with Gasteiger partial charge in [-0.15, -0.1) is 0 Å². The summed E-state index contributed by atoms with van der Waals surface area (Å²) in [6.07, 6.45) is 1.99. The first-order chi connectivity index (χ1) is 7.04. The average molecular weight is 290 g/mol. The molecule has 0 aliphatic heterocycles. The van der Waals surface area contributed by atoms with Crippen LogP contribution in [0.2, 0.25) is 5.02 Å². The van der Waals surface area contributed by atoms with E-state index in [1.54, 1.807) is 0 Å². The molecule has 0 unspecified atom stereocenters. The van der Waals surface area contributed by atoms with E-state index >= 15 is 0 Å². The summed E-state index contributed by atoms with van der Waals surface area (Å²) in [4.78, 5) is 0. The minimum absolute atomic E-state index is 0.0900. The van der Waals surface area contributed by atoms with Gasteiger partial charge in [0.2, 0.25) is 0 Å². The van der Waals surface area contributed by atoms with Gasteiger partial charge in [-0.05, 0) is 29.2 Å². The Hall–Kier alpha value is -0.310. The molecule has 0 aromatic heterocycles. The van der Waals surface area contributed by atoms with Gasteiger partial charge >= 0.3 is 0 Å². The van der Waals surface area contributed by atoms with E-state index in [1.165, 1.54) is 0 Å². The Balaban J connectivity index is 3.06. The lowest BCUT2D eigenvalue weighted by Gasteiger charge is -2.09. The maximum atomic E-state index is 9.19. The molecule has 0 radical (unpaired) electrons. The minimum Gasteiger partial charge on any atom is -0.392 e. The Kier molecular flexibility index (Phi) is 4.84. The first kappa shape index (κ1) is 12.8. The van der Waals surface area contributed by atoms with Crippen LogP contribution in [0.3, 0.4) is 0 Å². The fourth-order valence-corrected chi connectivity index (χ4v) is 2.01. The minimum atomic E-state index is 0.0900. The molecule has 0 heterocycles. The molecule has 15 heavy (non-hydrogen) atoms. The second kappa shape index (κ2) is 5.69. The maximum Gasteiger partial charge on any atom is 0.0647 e. The SMILES string of the molecule is CC(C)/C(=C/c1ccc(Cl)cc1Br)CO. The smallest absolute Gasteiger partial charge is 0.0647 e. The average Bonchev–Trinajstić information content (AvgIpc) is 2.16. The summed E-state index contributed by atoms with van der Waals surface area (Å²) in [7, 11) is 0. The van der Waals surface area contributed by atoms with Crippen LogP contribution < -0.4 is 0 Å². The monoisotopic (exact) mass is 288 g/mol. The van der Waals surface area contributed by atoms with Crippen molar-refractivity contribution < 1.29 is 5.11 Å². The molecule has 0 saturated heterocycles. The van der Waals surface area contributed by atoms with Gasteiger partial charge in [-0.25, -0.2) is 0 Å². The quantitative estimate of drug-likeness (QED) is 0.887. The molecular weight excluding hydrogens is 275 g/mol. The first-order valence-electron chi connectivity index (χ1n) is 4.81. The lowest BCUT2D eigenvalue weighted by atomic mass is 10.0. The standard InChI is InChI=1S/C12H14BrClO/c1-8(2)10(7-15)5-9-3-4-11(14)6-12(9)13/h3-6,8,15H,7H2,1-2H3/b10-5+. The van der Waals surface area contributed by atoms with Crippen LogP contribution in [0.25, 0.3) is 6.08 Å². The van der Waals surface area contributed by atoms with Crippen molar-refractivity contribution in [2.45, 2.75) is 13.8 Å². The number of aliphatic hydroxyl groups is 1. The molecule has 82 valence electrons. The molecule has 0 fully saturated rings. The zero-order chi connectivity index (χ0) is 11.4. The molecule has 1 aromatic carbocycles. The lowest BCUT2D eigenvalue weighted by molar-refractivity contribution is 0.320. The van der Waals surface area contributed by atoms with Gasteiger partial charge in [-0.3, -0.25) is 0 Å². The summed E-state index contributed by atoms with van der Waals surface area (Å²) < 4.78 is 0.946. The fraction of sp³-hybridized carbons (Fsp3) is 0.333. The van der Waals surface area contributed by atoms with Gasteiger partial charge in [0, 0.05) is 9.50 Å². The number of aliphatic hydroxyl groups excluding tert-OH is 1. The van der Waals surface area contributed by atoms with E-state index in [1.807, 2.05) is 24.3 Å². The van der Waals surface area contributed by atoms with Crippen LogP contribution in [0.4, 0.5) is 0 Å². The topological polar surface area (TPSA) is 20.2 Å². The predicted octanol–water partition coefficient (Wildman–Crippen LogP) is 4.13. The van der Waals surface area contributed by atoms with Crippen molar-refractivity contribution in [2.24, 2.45) is 5.92 Å². The second-order valence-corrected chi connectivity index (χ2v) is 4.99. The highest BCUT2D eigenvalue weighted by Crippen LogP contribution is 2.25. The molecule has 1 aromatic rings. The van der Waals surface area contributed by atoms with Crippen LogP contribution in [0.5, 0.6) is 0 Å². The molecule has 1 nitrogen and oxygen atoms in total. The van der Waals surface area contributed by atoms with E-state index in [9.17, 15) is 5.11 Å². The molecule has 0 aliphatic carbocycles. The third kappa shape index (κ3) is 3.63. The number of hydrogen-bond acceptors (Lipinski definition) is 1. The fourth-order valence-electron chi connectivity index (χ4n) is 1.21. The Morgan fingerprint density at radius 3 is 2.67 bits per heavy atom. The summed E-state index contributed by atoms with van der Waals surface area (Å²) in [5, 5.41) is 9.90. The van der Waals surface area contributed by atoms with Crippen molar-refractivity contribution in [2.75, 3.05) is 6.61 Å². The zero-order valence-corrected chi connectivity index (χ0v) is 11.1. The van der Waals surface area contributed by atoms with E-state index in [2.05, 4.69) is 29.8 Å². The molecule has 1 N–H and O–H groups in total. The molecule has 3 heteroatoms. The van der Waals surface area contributed by atoms with Crippen LogP contribution in [0.15, 0.2) is 28.2 Å². The predicted molar refractivity (Wildman–Crippen MR) is 69.1 cm³/mol. The van der Waals surface area contributed by atoms with Crippen LogP contribution in [0.1, 0.15) is 19.4 Å². The van der Waals surface area contributed by atoms with Gasteiger partial charge in [0.05, 0.1) is 6.61 Å². The molecule has 0 spiro atoms. The molecule has 0 atom stereocenters. The van der Waals surface area contributed by atoms with Gasteiger partial charge < -0.3 is 5.11 Å². The van der Waals surface area contributed by atoms with Crippen molar-refractivity contribution in [3.63, 3.8) is 0 Å². The highest BCUT2D eigenvalue weighted by atomic mass is 79.9. The third-order valence-electron chi connectivity index (χ3n) is 2.23. The maximum absolute atomic E-state index is 9.19. The summed E-state index contributed by atoms with van der Waals surface area (Å²) in [5.41, 5.74) is 2.05. The van der Waals surface area contributed by atoms with Crippen molar-refractivity contribution in [3.05, 3.63) is 38.8 Å². The van der Waals surface area contributed by atoms with Crippen LogP contribution in [-0.2, 0) is 0 Å². The van der Waals surface area contributed by atoms with Crippen molar-refractivity contribution >= 4 is 33.6 Å². The summed E-state index contributed by atoms with van der Waals surface area (Å²) in [5.74, 6) is 0.345. The van der Waals surface area contributed by atoms with Gasteiger partial charge in [-0.1, -0.05) is 53.5 Å². The second-order valence-electron chi connectivity index (χ2n) is 3.70. The van der Waals surface area contributed by atoms with Crippen molar-refractivity contribution in [1.82, 2.24) is 0 Å².